The van der Waals surface area contributed by atoms with Gasteiger partial charge in [-0.3, -0.25) is 15.3 Å². The largest absolute Gasteiger partial charge is 0.337 e. The van der Waals surface area contributed by atoms with E-state index in [0.29, 0.717) is 16.6 Å². The monoisotopic (exact) mass is 360 g/mol. The van der Waals surface area contributed by atoms with Crippen LogP contribution >= 0.6 is 23.2 Å². The Morgan fingerprint density at radius 3 is 2.75 bits per heavy atom. The van der Waals surface area contributed by atoms with Gasteiger partial charge in [0, 0.05) is 28.2 Å². The van der Waals surface area contributed by atoms with Gasteiger partial charge >= 0.3 is 6.03 Å². The van der Waals surface area contributed by atoms with E-state index in [9.17, 15) is 4.79 Å². The molecule has 0 aliphatic carbocycles. The normalized spacial score (nSPS) is 20.1. The molecule has 1 unspecified atom stereocenters. The zero-order valence-corrected chi connectivity index (χ0v) is 14.3. The van der Waals surface area contributed by atoms with Crippen LogP contribution in [0.3, 0.4) is 0 Å². The third-order valence-corrected chi connectivity index (χ3v) is 4.82. The van der Waals surface area contributed by atoms with E-state index in [0.717, 1.165) is 22.5 Å². The third kappa shape index (κ3) is 2.36. The van der Waals surface area contributed by atoms with Crippen LogP contribution in [0.1, 0.15) is 11.1 Å². The second kappa shape index (κ2) is 5.77. The molecule has 4 rings (SSSR count). The second-order valence-electron chi connectivity index (χ2n) is 5.71. The highest BCUT2D eigenvalue weighted by molar-refractivity contribution is 6.36. The number of urea groups is 1. The summed E-state index contributed by atoms with van der Waals surface area (Å²) in [5.41, 5.74) is 5.93. The molecule has 0 saturated carbocycles. The fraction of sp³-hybridized carbons (Fsp3) is 0.176. The van der Waals surface area contributed by atoms with E-state index in [2.05, 4.69) is 5.43 Å². The minimum atomic E-state index is -0.197. The number of anilines is 1. The number of carbonyl (C=O) groups is 1. The van der Waals surface area contributed by atoms with E-state index < -0.39 is 0 Å². The van der Waals surface area contributed by atoms with Crippen LogP contribution in [-0.2, 0) is 0 Å². The molecule has 1 N–H and O–H groups in total. The molecule has 2 amide bonds. The summed E-state index contributed by atoms with van der Waals surface area (Å²) in [7, 11) is 1.83. The number of nitrogens with zero attached hydrogens (tertiary/aromatic N) is 3. The molecular weight excluding hydrogens is 347 g/mol. The van der Waals surface area contributed by atoms with Gasteiger partial charge in [-0.25, -0.2) is 4.79 Å². The van der Waals surface area contributed by atoms with Crippen LogP contribution in [0, 0.1) is 0 Å². The lowest BCUT2D eigenvalue weighted by Crippen LogP contribution is -2.40. The first-order valence-electron chi connectivity index (χ1n) is 7.48. The molecule has 5 nitrogen and oxygen atoms in total. The van der Waals surface area contributed by atoms with Crippen molar-refractivity contribution in [1.29, 1.82) is 0 Å². The summed E-state index contributed by atoms with van der Waals surface area (Å²) in [6, 6.07) is 12.8. The van der Waals surface area contributed by atoms with Crippen LogP contribution in [0.15, 0.2) is 47.5 Å². The number of hydrogen-bond acceptors (Lipinski definition) is 3. The SMILES string of the molecule is CN1NC(=O)N2c3ccc(Cl)cc3C(c3ccccc3Cl)=NCC12. The van der Waals surface area contributed by atoms with Crippen LogP contribution in [-0.4, -0.2) is 36.5 Å². The molecule has 2 aliphatic rings. The molecule has 122 valence electrons. The predicted molar refractivity (Wildman–Crippen MR) is 96.0 cm³/mol. The summed E-state index contributed by atoms with van der Waals surface area (Å²) in [6.07, 6.45) is -0.197. The summed E-state index contributed by atoms with van der Waals surface area (Å²) in [4.78, 5) is 18.9. The molecule has 2 heterocycles. The maximum Gasteiger partial charge on any atom is 0.337 e. The molecule has 1 fully saturated rings. The number of fused-ring (bicyclic) bond motifs is 3. The van der Waals surface area contributed by atoms with Gasteiger partial charge in [-0.15, -0.1) is 0 Å². The lowest BCUT2D eigenvalue weighted by molar-refractivity contribution is 0.223. The van der Waals surface area contributed by atoms with E-state index in [1.807, 2.05) is 43.4 Å². The van der Waals surface area contributed by atoms with Gasteiger partial charge in [0.1, 0.15) is 6.17 Å². The minimum absolute atomic E-state index is 0.179. The van der Waals surface area contributed by atoms with Crippen molar-refractivity contribution in [3.63, 3.8) is 0 Å². The van der Waals surface area contributed by atoms with Crippen LogP contribution < -0.4 is 10.3 Å². The number of hydrazine groups is 1. The quantitative estimate of drug-likeness (QED) is 0.845. The van der Waals surface area contributed by atoms with E-state index in [-0.39, 0.29) is 12.2 Å². The van der Waals surface area contributed by atoms with Crippen LogP contribution in [0.25, 0.3) is 0 Å². The van der Waals surface area contributed by atoms with Gasteiger partial charge in [-0.1, -0.05) is 41.4 Å². The van der Waals surface area contributed by atoms with Gasteiger partial charge in [-0.05, 0) is 24.3 Å². The number of halogens is 2. The Morgan fingerprint density at radius 1 is 1.17 bits per heavy atom. The zero-order chi connectivity index (χ0) is 16.8. The standard InChI is InChI=1S/C17H14Cl2N4O/c1-22-15-9-20-16(11-4-2-3-5-13(11)19)12-8-10(18)6-7-14(12)23(15)17(24)21-22/h2-8,15H,9H2,1H3,(H,21,24). The first kappa shape index (κ1) is 15.4. The molecule has 1 saturated heterocycles. The first-order chi connectivity index (χ1) is 11.6. The molecule has 0 spiro atoms. The van der Waals surface area contributed by atoms with Crippen molar-refractivity contribution >= 4 is 40.6 Å². The van der Waals surface area contributed by atoms with E-state index in [1.54, 1.807) is 16.0 Å². The van der Waals surface area contributed by atoms with Gasteiger partial charge < -0.3 is 0 Å². The maximum absolute atomic E-state index is 12.4. The Labute approximate surface area is 149 Å². The predicted octanol–water partition coefficient (Wildman–Crippen LogP) is 3.55. The third-order valence-electron chi connectivity index (χ3n) is 4.25. The molecular formula is C17H14Cl2N4O. The van der Waals surface area contributed by atoms with Gasteiger partial charge in [0.2, 0.25) is 0 Å². The maximum atomic E-state index is 12.4. The molecule has 2 aliphatic heterocycles. The fourth-order valence-electron chi connectivity index (χ4n) is 3.11. The van der Waals surface area contributed by atoms with Gasteiger partial charge in [0.25, 0.3) is 0 Å². The minimum Gasteiger partial charge on any atom is -0.280 e. The number of hydrogen-bond donors (Lipinski definition) is 1. The van der Waals surface area contributed by atoms with Crippen LogP contribution in [0.5, 0.6) is 0 Å². The molecule has 0 aromatic heterocycles. The van der Waals surface area contributed by atoms with Crippen LogP contribution in [0.4, 0.5) is 10.5 Å². The number of likely N-dealkylation sites (N-methyl/N-ethyl adjacent to an activating group) is 1. The average Bonchev–Trinajstić information content (AvgIpc) is 2.74. The lowest BCUT2D eigenvalue weighted by atomic mass is 10.00. The number of rotatable bonds is 1. The Kier molecular flexibility index (Phi) is 3.72. The van der Waals surface area contributed by atoms with E-state index >= 15 is 0 Å². The van der Waals surface area contributed by atoms with Crippen molar-refractivity contribution in [2.75, 3.05) is 18.5 Å². The zero-order valence-electron chi connectivity index (χ0n) is 12.8. The van der Waals surface area contributed by atoms with Crippen molar-refractivity contribution in [2.45, 2.75) is 6.17 Å². The molecule has 0 bridgehead atoms. The summed E-state index contributed by atoms with van der Waals surface area (Å²) >= 11 is 12.6. The average molecular weight is 361 g/mol. The fourth-order valence-corrected chi connectivity index (χ4v) is 3.51. The van der Waals surface area contributed by atoms with E-state index in [1.165, 1.54) is 0 Å². The van der Waals surface area contributed by atoms with Crippen molar-refractivity contribution in [2.24, 2.45) is 4.99 Å². The summed E-state index contributed by atoms with van der Waals surface area (Å²) < 4.78 is 0. The van der Waals surface area contributed by atoms with E-state index in [4.69, 9.17) is 28.2 Å². The Hall–Kier alpha value is -2.08. The van der Waals surface area contributed by atoms with Crippen molar-refractivity contribution in [1.82, 2.24) is 10.4 Å². The molecule has 24 heavy (non-hydrogen) atoms. The number of carbonyl (C=O) groups excluding carboxylic acids is 1. The van der Waals surface area contributed by atoms with Gasteiger partial charge in [0.15, 0.2) is 0 Å². The number of amides is 2. The molecule has 7 heteroatoms. The summed E-state index contributed by atoms with van der Waals surface area (Å²) in [5.74, 6) is 0. The van der Waals surface area contributed by atoms with Gasteiger partial charge in [-0.2, -0.15) is 5.01 Å². The summed E-state index contributed by atoms with van der Waals surface area (Å²) in [5, 5.41) is 2.96. The second-order valence-corrected chi connectivity index (χ2v) is 6.55. The smallest absolute Gasteiger partial charge is 0.280 e. The van der Waals surface area contributed by atoms with Crippen LogP contribution in [0.2, 0.25) is 10.0 Å². The number of aliphatic imine (C=N–C) groups is 1. The van der Waals surface area contributed by atoms with Crippen molar-refractivity contribution in [3.05, 3.63) is 63.6 Å². The molecule has 2 aromatic carbocycles. The first-order valence-corrected chi connectivity index (χ1v) is 8.24. The Balaban J connectivity index is 1.95. The molecule has 0 radical (unpaired) electrons. The lowest BCUT2D eigenvalue weighted by Gasteiger charge is -2.23. The molecule has 2 aromatic rings. The Bertz CT molecular complexity index is 867. The highest BCUT2D eigenvalue weighted by Crippen LogP contribution is 2.34. The van der Waals surface area contributed by atoms with Gasteiger partial charge in [0.05, 0.1) is 17.9 Å². The van der Waals surface area contributed by atoms with Crippen molar-refractivity contribution in [3.8, 4) is 0 Å². The number of nitrogens with one attached hydrogen (secondary N) is 1. The van der Waals surface area contributed by atoms with Crippen molar-refractivity contribution < 1.29 is 4.79 Å². The topological polar surface area (TPSA) is 47.9 Å². The molecule has 1 atom stereocenters. The number of benzene rings is 2. The highest BCUT2D eigenvalue weighted by atomic mass is 35.5. The summed E-state index contributed by atoms with van der Waals surface area (Å²) in [6.45, 7) is 0.433. The highest BCUT2D eigenvalue weighted by Gasteiger charge is 2.39. The Morgan fingerprint density at radius 2 is 1.96 bits per heavy atom.